The lowest BCUT2D eigenvalue weighted by Crippen LogP contribution is -2.36. The molecule has 0 aromatic heterocycles. The highest BCUT2D eigenvalue weighted by atomic mass is 16.5. The molecule has 1 aliphatic rings. The number of ether oxygens (including phenoxy) is 1. The smallest absolute Gasteiger partial charge is 0.333 e. The summed E-state index contributed by atoms with van der Waals surface area (Å²) < 4.78 is 5.39. The van der Waals surface area contributed by atoms with Crippen LogP contribution in [0.3, 0.4) is 0 Å². The summed E-state index contributed by atoms with van der Waals surface area (Å²) >= 11 is 0. The molecule has 0 fully saturated rings. The molecule has 1 aromatic rings. The average Bonchev–Trinajstić information content (AvgIpc) is 2.73. The third-order valence-corrected chi connectivity index (χ3v) is 5.77. The minimum absolute atomic E-state index is 0.0161. The van der Waals surface area contributed by atoms with Gasteiger partial charge in [0.2, 0.25) is 11.6 Å². The van der Waals surface area contributed by atoms with Crippen molar-refractivity contribution in [3.05, 3.63) is 52.6 Å². The van der Waals surface area contributed by atoms with E-state index in [2.05, 4.69) is 0 Å². The molecule has 0 bridgehead atoms. The van der Waals surface area contributed by atoms with Crippen molar-refractivity contribution in [2.75, 3.05) is 6.61 Å². The molecule has 0 radical (unpaired) electrons. The van der Waals surface area contributed by atoms with Gasteiger partial charge in [0.15, 0.2) is 0 Å². The quantitative estimate of drug-likeness (QED) is 0.303. The fourth-order valence-electron chi connectivity index (χ4n) is 3.36. The number of esters is 1. The molecule has 0 unspecified atom stereocenters. The molecule has 2 rings (SSSR count). The fourth-order valence-corrected chi connectivity index (χ4v) is 3.36. The zero-order chi connectivity index (χ0) is 24.3. The van der Waals surface area contributed by atoms with E-state index in [1.807, 2.05) is 0 Å². The molecule has 174 valence electrons. The predicted molar refractivity (Wildman–Crippen MR) is 120 cm³/mol. The van der Waals surface area contributed by atoms with Crippen molar-refractivity contribution in [2.24, 2.45) is 5.41 Å². The van der Waals surface area contributed by atoms with Crippen LogP contribution in [0.4, 0.5) is 0 Å². The number of fused-ring (bicyclic) bond motifs is 1. The Hall–Kier alpha value is -2.77. The maximum atomic E-state index is 12.5. The van der Waals surface area contributed by atoms with Gasteiger partial charge in [0.1, 0.15) is 5.76 Å². The summed E-state index contributed by atoms with van der Waals surface area (Å²) in [5.41, 5.74) is -1.08. The first kappa shape index (κ1) is 25.5. The van der Waals surface area contributed by atoms with Crippen molar-refractivity contribution in [2.45, 2.75) is 65.6 Å². The number of hydrogen-bond acceptors (Lipinski definition) is 7. The maximum absolute atomic E-state index is 12.5. The Morgan fingerprint density at radius 2 is 1.72 bits per heavy atom. The number of aliphatic hydroxyl groups is 3. The second-order valence-electron chi connectivity index (χ2n) is 9.41. The lowest BCUT2D eigenvalue weighted by Gasteiger charge is -2.27. The molecule has 1 aromatic carbocycles. The van der Waals surface area contributed by atoms with Gasteiger partial charge in [-0.1, -0.05) is 44.2 Å². The van der Waals surface area contributed by atoms with Crippen molar-refractivity contribution in [3.8, 4) is 0 Å². The van der Waals surface area contributed by atoms with Crippen LogP contribution in [-0.2, 0) is 14.3 Å². The Morgan fingerprint density at radius 3 is 2.31 bits per heavy atom. The van der Waals surface area contributed by atoms with Crippen molar-refractivity contribution >= 4 is 23.3 Å². The van der Waals surface area contributed by atoms with Crippen molar-refractivity contribution in [3.63, 3.8) is 0 Å². The molecule has 3 N–H and O–H groups in total. The summed E-state index contributed by atoms with van der Waals surface area (Å²) in [6, 6.07) is 6.40. The summed E-state index contributed by atoms with van der Waals surface area (Å²) in [4.78, 5) is 37.3. The molecule has 0 spiro atoms. The SMILES string of the molecule is CC(=CCC[C@](C)(O)[C@H](C)O)C(=O)OCC(C)(C)CC1=C(O)c2ccccc2C(=O)C1=O. The van der Waals surface area contributed by atoms with Crippen LogP contribution in [0, 0.1) is 5.41 Å². The normalized spacial score (nSPS) is 17.7. The Kier molecular flexibility index (Phi) is 7.80. The second kappa shape index (κ2) is 9.79. The van der Waals surface area contributed by atoms with Gasteiger partial charge in [-0.25, -0.2) is 4.79 Å². The topological polar surface area (TPSA) is 121 Å². The van der Waals surface area contributed by atoms with Gasteiger partial charge >= 0.3 is 5.97 Å². The van der Waals surface area contributed by atoms with Crippen molar-refractivity contribution in [1.29, 1.82) is 0 Å². The largest absolute Gasteiger partial charge is 0.507 e. The minimum Gasteiger partial charge on any atom is -0.507 e. The van der Waals surface area contributed by atoms with Crippen LogP contribution in [0.5, 0.6) is 0 Å². The van der Waals surface area contributed by atoms with Crippen LogP contribution < -0.4 is 0 Å². The van der Waals surface area contributed by atoms with Gasteiger partial charge in [-0.3, -0.25) is 9.59 Å². The lowest BCUT2D eigenvalue weighted by atomic mass is 9.79. The molecular formula is C25H32O7. The number of hydrogen-bond donors (Lipinski definition) is 3. The van der Waals surface area contributed by atoms with Gasteiger partial charge in [0, 0.05) is 27.7 Å². The van der Waals surface area contributed by atoms with Gasteiger partial charge in [-0.2, -0.15) is 0 Å². The number of Topliss-reactive ketones (excluding diaryl/α,β-unsaturated/α-hetero) is 2. The lowest BCUT2D eigenvalue weighted by molar-refractivity contribution is -0.142. The van der Waals surface area contributed by atoms with Gasteiger partial charge < -0.3 is 20.1 Å². The number of aliphatic hydroxyl groups excluding tert-OH is 2. The number of rotatable bonds is 9. The summed E-state index contributed by atoms with van der Waals surface area (Å²) in [6.45, 7) is 8.16. The number of benzene rings is 1. The molecule has 0 saturated carbocycles. The first-order valence-corrected chi connectivity index (χ1v) is 10.6. The van der Waals surface area contributed by atoms with Crippen LogP contribution in [0.2, 0.25) is 0 Å². The van der Waals surface area contributed by atoms with Crippen LogP contribution in [-0.4, -0.2) is 51.2 Å². The number of carbonyl (C=O) groups excluding carboxylic acids is 3. The molecule has 1 aliphatic carbocycles. The molecular weight excluding hydrogens is 412 g/mol. The number of ketones is 2. The molecule has 0 aliphatic heterocycles. The van der Waals surface area contributed by atoms with E-state index in [1.165, 1.54) is 19.9 Å². The summed E-state index contributed by atoms with van der Waals surface area (Å²) in [6.07, 6.45) is 1.48. The van der Waals surface area contributed by atoms with E-state index in [9.17, 15) is 29.7 Å². The van der Waals surface area contributed by atoms with E-state index in [0.29, 0.717) is 17.6 Å². The van der Waals surface area contributed by atoms with Gasteiger partial charge in [-0.05, 0) is 40.0 Å². The highest BCUT2D eigenvalue weighted by Gasteiger charge is 2.36. The molecule has 0 saturated heterocycles. The van der Waals surface area contributed by atoms with E-state index in [4.69, 9.17) is 4.74 Å². The summed E-state index contributed by atoms with van der Waals surface area (Å²) in [5.74, 6) is -2.16. The first-order chi connectivity index (χ1) is 14.8. The minimum atomic E-state index is -1.25. The second-order valence-corrected chi connectivity index (χ2v) is 9.41. The van der Waals surface area contributed by atoms with Crippen molar-refractivity contribution in [1.82, 2.24) is 0 Å². The van der Waals surface area contributed by atoms with E-state index < -0.39 is 34.7 Å². The average molecular weight is 445 g/mol. The maximum Gasteiger partial charge on any atom is 0.333 e. The Balaban J connectivity index is 2.03. The van der Waals surface area contributed by atoms with Crippen LogP contribution >= 0.6 is 0 Å². The van der Waals surface area contributed by atoms with Crippen molar-refractivity contribution < 1.29 is 34.4 Å². The standard InChI is InChI=1S/C25H32O7/c1-15(9-8-12-25(5,31)16(2)26)23(30)32-14-24(3,4)13-19-20(27)17-10-6-7-11-18(17)21(28)22(19)29/h6-7,9-11,16,26-27,31H,8,12-14H2,1-5H3/t16-,25-/m0/s1. The van der Waals surface area contributed by atoms with Gasteiger partial charge in [-0.15, -0.1) is 0 Å². The summed E-state index contributed by atoms with van der Waals surface area (Å²) in [5, 5.41) is 30.2. The zero-order valence-corrected chi connectivity index (χ0v) is 19.3. The fraction of sp³-hybridized carbons (Fsp3) is 0.480. The van der Waals surface area contributed by atoms with Crippen LogP contribution in [0.1, 0.15) is 69.8 Å². The molecule has 0 amide bonds. The van der Waals surface area contributed by atoms with E-state index in [-0.39, 0.29) is 36.3 Å². The van der Waals surface area contributed by atoms with E-state index in [1.54, 1.807) is 45.0 Å². The Morgan fingerprint density at radius 1 is 1.12 bits per heavy atom. The highest BCUT2D eigenvalue weighted by Crippen LogP contribution is 2.35. The van der Waals surface area contributed by atoms with Gasteiger partial charge in [0.25, 0.3) is 0 Å². The Bertz CT molecular complexity index is 964. The van der Waals surface area contributed by atoms with Gasteiger partial charge in [0.05, 0.1) is 18.3 Å². The summed E-state index contributed by atoms with van der Waals surface area (Å²) in [7, 11) is 0. The predicted octanol–water partition coefficient (Wildman–Crippen LogP) is 3.54. The number of allylic oxidation sites excluding steroid dienone is 2. The van der Waals surface area contributed by atoms with E-state index >= 15 is 0 Å². The van der Waals surface area contributed by atoms with Crippen LogP contribution in [0.25, 0.3) is 5.76 Å². The van der Waals surface area contributed by atoms with E-state index in [0.717, 1.165) is 0 Å². The number of carbonyl (C=O) groups is 3. The molecule has 32 heavy (non-hydrogen) atoms. The third kappa shape index (κ3) is 5.93. The third-order valence-electron chi connectivity index (χ3n) is 5.77. The molecule has 7 nitrogen and oxygen atoms in total. The first-order valence-electron chi connectivity index (χ1n) is 10.6. The molecule has 0 heterocycles. The zero-order valence-electron chi connectivity index (χ0n) is 19.3. The van der Waals surface area contributed by atoms with Crippen LogP contribution in [0.15, 0.2) is 41.5 Å². The molecule has 2 atom stereocenters. The Labute approximate surface area is 188 Å². The highest BCUT2D eigenvalue weighted by molar-refractivity contribution is 6.52. The monoisotopic (exact) mass is 444 g/mol. The molecule has 7 heteroatoms.